The molecule has 0 aliphatic heterocycles. The van der Waals surface area contributed by atoms with Gasteiger partial charge in [0.25, 0.3) is 0 Å². The highest BCUT2D eigenvalue weighted by atomic mass is 32.1. The van der Waals surface area contributed by atoms with E-state index in [9.17, 15) is 9.59 Å². The molecule has 0 saturated heterocycles. The molecular weight excluding hydrogens is 348 g/mol. The van der Waals surface area contributed by atoms with Crippen LogP contribution in [-0.4, -0.2) is 23.6 Å². The Hall–Kier alpha value is -2.73. The number of benzene rings is 2. The molecule has 0 radical (unpaired) electrons. The van der Waals surface area contributed by atoms with Gasteiger partial charge in [-0.25, -0.2) is 0 Å². The van der Waals surface area contributed by atoms with Crippen LogP contribution in [0.2, 0.25) is 0 Å². The summed E-state index contributed by atoms with van der Waals surface area (Å²) in [4.78, 5) is 28.8. The normalized spacial score (nSPS) is 11.7. The molecule has 6 heteroatoms. The Bertz CT molecular complexity index is 973. The van der Waals surface area contributed by atoms with Gasteiger partial charge in [0.05, 0.1) is 17.3 Å². The summed E-state index contributed by atoms with van der Waals surface area (Å²) in [5, 5.41) is 0. The first kappa shape index (κ1) is 18.1. The minimum Gasteiger partial charge on any atom is -0.468 e. The number of nitrogens with zero attached hydrogens (tertiary/aromatic N) is 2. The van der Waals surface area contributed by atoms with Crippen LogP contribution in [0.1, 0.15) is 18.4 Å². The van der Waals surface area contributed by atoms with Crippen LogP contribution in [0.3, 0.4) is 0 Å². The summed E-state index contributed by atoms with van der Waals surface area (Å²) in [5.74, 6) is -0.544. The largest absolute Gasteiger partial charge is 0.468 e. The Labute approximate surface area is 155 Å². The molecule has 0 aliphatic rings. The Kier molecular flexibility index (Phi) is 5.96. The molecule has 3 aromatic rings. The van der Waals surface area contributed by atoms with Gasteiger partial charge >= 0.3 is 5.97 Å². The number of hydrogen-bond donors (Lipinski definition) is 0. The molecule has 0 N–H and O–H groups in total. The van der Waals surface area contributed by atoms with E-state index < -0.39 is 0 Å². The molecule has 0 atom stereocenters. The van der Waals surface area contributed by atoms with Crippen LogP contribution in [0.5, 0.6) is 0 Å². The van der Waals surface area contributed by atoms with E-state index in [1.54, 1.807) is 4.57 Å². The highest BCUT2D eigenvalue weighted by Gasteiger charge is 2.11. The van der Waals surface area contributed by atoms with Crippen molar-refractivity contribution in [3.05, 3.63) is 65.0 Å². The van der Waals surface area contributed by atoms with Crippen LogP contribution in [0, 0.1) is 0 Å². The topological polar surface area (TPSA) is 60.7 Å². The average molecular weight is 368 g/mol. The highest BCUT2D eigenvalue weighted by Crippen LogP contribution is 2.17. The number of carbonyl (C=O) groups is 2. The molecule has 5 nitrogen and oxygen atoms in total. The number of amides is 1. The third kappa shape index (κ3) is 4.46. The van der Waals surface area contributed by atoms with Crippen LogP contribution < -0.4 is 4.80 Å². The quantitative estimate of drug-likeness (QED) is 0.627. The molecular formula is C20H20N2O3S. The van der Waals surface area contributed by atoms with Crippen molar-refractivity contribution in [1.82, 2.24) is 4.57 Å². The fourth-order valence-corrected chi connectivity index (χ4v) is 3.75. The van der Waals surface area contributed by atoms with Gasteiger partial charge in [0, 0.05) is 6.42 Å². The molecule has 3 rings (SSSR count). The predicted molar refractivity (Wildman–Crippen MR) is 102 cm³/mol. The fourth-order valence-electron chi connectivity index (χ4n) is 2.70. The van der Waals surface area contributed by atoms with Gasteiger partial charge in [-0.1, -0.05) is 53.8 Å². The van der Waals surface area contributed by atoms with Crippen LogP contribution in [0.4, 0.5) is 0 Å². The summed E-state index contributed by atoms with van der Waals surface area (Å²) in [6.07, 6.45) is 1.96. The number of thiazole rings is 1. The molecule has 0 saturated carbocycles. The molecule has 26 heavy (non-hydrogen) atoms. The van der Waals surface area contributed by atoms with E-state index in [0.29, 0.717) is 11.2 Å². The third-order valence-corrected chi connectivity index (χ3v) is 5.08. The van der Waals surface area contributed by atoms with Gasteiger partial charge in [-0.15, -0.1) is 0 Å². The van der Waals surface area contributed by atoms with Gasteiger partial charge in [0.2, 0.25) is 5.91 Å². The summed E-state index contributed by atoms with van der Waals surface area (Å²) < 4.78 is 7.48. The molecule has 1 heterocycles. The summed E-state index contributed by atoms with van der Waals surface area (Å²) in [7, 11) is 1.35. The van der Waals surface area contributed by atoms with E-state index in [0.717, 1.165) is 23.1 Å². The lowest BCUT2D eigenvalue weighted by molar-refractivity contribution is -0.141. The van der Waals surface area contributed by atoms with E-state index in [-0.39, 0.29) is 18.4 Å². The molecule has 1 aromatic heterocycles. The van der Waals surface area contributed by atoms with Gasteiger partial charge in [-0.2, -0.15) is 4.99 Å². The number of carbonyl (C=O) groups excluding carboxylic acids is 2. The smallest absolute Gasteiger partial charge is 0.325 e. The number of methoxy groups -OCH3 is 1. The number of ether oxygens (including phenoxy) is 1. The number of aryl methyl sites for hydroxylation is 1. The summed E-state index contributed by atoms with van der Waals surface area (Å²) >= 11 is 1.40. The Morgan fingerprint density at radius 2 is 1.81 bits per heavy atom. The first-order valence-corrected chi connectivity index (χ1v) is 9.25. The Morgan fingerprint density at radius 1 is 1.08 bits per heavy atom. The molecule has 0 aliphatic carbocycles. The second-order valence-electron chi connectivity index (χ2n) is 5.86. The maximum Gasteiger partial charge on any atom is 0.325 e. The van der Waals surface area contributed by atoms with E-state index in [1.807, 2.05) is 42.5 Å². The lowest BCUT2D eigenvalue weighted by Crippen LogP contribution is -2.22. The molecule has 0 bridgehead atoms. The number of para-hydroxylation sites is 1. The Morgan fingerprint density at radius 3 is 2.58 bits per heavy atom. The SMILES string of the molecule is COC(=O)Cn1c(=NC(=O)CCCc2ccccc2)sc2ccccc21. The first-order valence-electron chi connectivity index (χ1n) is 8.44. The number of esters is 1. The zero-order valence-corrected chi connectivity index (χ0v) is 15.4. The molecule has 0 fully saturated rings. The molecule has 1 amide bonds. The van der Waals surface area contributed by atoms with Crippen molar-refractivity contribution < 1.29 is 14.3 Å². The van der Waals surface area contributed by atoms with Crippen molar-refractivity contribution in [2.45, 2.75) is 25.8 Å². The second-order valence-corrected chi connectivity index (χ2v) is 6.87. The van der Waals surface area contributed by atoms with Crippen molar-refractivity contribution in [3.63, 3.8) is 0 Å². The molecule has 134 valence electrons. The van der Waals surface area contributed by atoms with E-state index in [2.05, 4.69) is 17.1 Å². The third-order valence-electron chi connectivity index (χ3n) is 4.02. The van der Waals surface area contributed by atoms with Gasteiger partial charge in [-0.3, -0.25) is 9.59 Å². The van der Waals surface area contributed by atoms with Crippen molar-refractivity contribution in [1.29, 1.82) is 0 Å². The van der Waals surface area contributed by atoms with Crippen LogP contribution in [0.25, 0.3) is 10.2 Å². The number of aromatic nitrogens is 1. The maximum atomic E-state index is 12.3. The fraction of sp³-hybridized carbons (Fsp3) is 0.250. The molecule has 2 aromatic carbocycles. The zero-order valence-electron chi connectivity index (χ0n) is 14.6. The van der Waals surface area contributed by atoms with E-state index in [4.69, 9.17) is 4.74 Å². The maximum absolute atomic E-state index is 12.3. The summed E-state index contributed by atoms with van der Waals surface area (Å²) in [6.45, 7) is 0.0383. The van der Waals surface area contributed by atoms with Crippen molar-refractivity contribution >= 4 is 33.4 Å². The summed E-state index contributed by atoms with van der Waals surface area (Å²) in [6, 6.07) is 17.8. The first-order chi connectivity index (χ1) is 12.7. The second kappa shape index (κ2) is 8.58. The zero-order chi connectivity index (χ0) is 18.4. The van der Waals surface area contributed by atoms with Gasteiger partial charge in [0.1, 0.15) is 6.54 Å². The van der Waals surface area contributed by atoms with Crippen molar-refractivity contribution in [2.24, 2.45) is 4.99 Å². The summed E-state index contributed by atoms with van der Waals surface area (Å²) in [5.41, 5.74) is 2.08. The van der Waals surface area contributed by atoms with Crippen molar-refractivity contribution in [2.75, 3.05) is 7.11 Å². The van der Waals surface area contributed by atoms with Gasteiger partial charge in [0.15, 0.2) is 4.80 Å². The lowest BCUT2D eigenvalue weighted by atomic mass is 10.1. The molecule has 0 unspecified atom stereocenters. The minimum absolute atomic E-state index is 0.0383. The van der Waals surface area contributed by atoms with Gasteiger partial charge in [-0.05, 0) is 30.5 Å². The van der Waals surface area contributed by atoms with E-state index >= 15 is 0 Å². The lowest BCUT2D eigenvalue weighted by Gasteiger charge is -2.03. The number of hydrogen-bond acceptors (Lipinski definition) is 4. The van der Waals surface area contributed by atoms with Crippen molar-refractivity contribution in [3.8, 4) is 0 Å². The monoisotopic (exact) mass is 368 g/mol. The van der Waals surface area contributed by atoms with Crippen LogP contribution in [0.15, 0.2) is 59.6 Å². The van der Waals surface area contributed by atoms with Crippen LogP contribution in [-0.2, 0) is 27.3 Å². The molecule has 0 spiro atoms. The van der Waals surface area contributed by atoms with Gasteiger partial charge < -0.3 is 9.30 Å². The Balaban J connectivity index is 1.78. The number of rotatable bonds is 6. The highest BCUT2D eigenvalue weighted by molar-refractivity contribution is 7.16. The standard InChI is InChI=1S/C20H20N2O3S/c1-25-19(24)14-22-16-11-5-6-12-17(16)26-20(22)21-18(23)13-7-10-15-8-3-2-4-9-15/h2-6,8-9,11-12H,7,10,13-14H2,1H3. The van der Waals surface area contributed by atoms with Crippen LogP contribution >= 0.6 is 11.3 Å². The number of fused-ring (bicyclic) bond motifs is 1. The van der Waals surface area contributed by atoms with E-state index in [1.165, 1.54) is 24.0 Å². The minimum atomic E-state index is -0.369. The predicted octanol–water partition coefficient (Wildman–Crippen LogP) is 3.33. The average Bonchev–Trinajstić information content (AvgIpc) is 2.99.